The van der Waals surface area contributed by atoms with E-state index in [2.05, 4.69) is 53.2 Å². The second kappa shape index (κ2) is 7.94. The first-order valence-electron chi connectivity index (χ1n) is 10.7. The molecule has 0 radical (unpaired) electrons. The first-order chi connectivity index (χ1) is 14.7. The molecule has 2 aliphatic heterocycles. The van der Waals surface area contributed by atoms with Crippen molar-refractivity contribution in [2.24, 2.45) is 0 Å². The Bertz CT molecular complexity index is 1000. The van der Waals surface area contributed by atoms with Gasteiger partial charge in [-0.3, -0.25) is 4.79 Å². The Balaban J connectivity index is 1.28. The first kappa shape index (κ1) is 18.9. The smallest absolute Gasteiger partial charge is 0.254 e. The third kappa shape index (κ3) is 3.70. The van der Waals surface area contributed by atoms with Gasteiger partial charge in [0.2, 0.25) is 5.88 Å². The fraction of sp³-hybridized carbons (Fsp3) is 0.308. The Kier molecular flexibility index (Phi) is 4.99. The van der Waals surface area contributed by atoms with E-state index >= 15 is 0 Å². The molecule has 0 saturated carbocycles. The molecule has 0 spiro atoms. The SMILES string of the molecule is Cc1ccc(-c2ccc(C(=O)N3C4CCC3CC(Oc3ccccn3)C4)cc2)cc1. The van der Waals surface area contributed by atoms with E-state index in [-0.39, 0.29) is 24.1 Å². The van der Waals surface area contributed by atoms with Crippen LogP contribution in [0.1, 0.15) is 41.6 Å². The van der Waals surface area contributed by atoms with Gasteiger partial charge in [0.05, 0.1) is 0 Å². The van der Waals surface area contributed by atoms with Crippen molar-refractivity contribution < 1.29 is 9.53 Å². The van der Waals surface area contributed by atoms with Crippen LogP contribution < -0.4 is 4.74 Å². The Hall–Kier alpha value is -3.14. The fourth-order valence-corrected chi connectivity index (χ4v) is 4.84. The fourth-order valence-electron chi connectivity index (χ4n) is 4.84. The highest BCUT2D eigenvalue weighted by molar-refractivity contribution is 5.95. The van der Waals surface area contributed by atoms with Gasteiger partial charge in [0.1, 0.15) is 6.10 Å². The molecule has 1 amide bonds. The van der Waals surface area contributed by atoms with Crippen LogP contribution in [0, 0.1) is 6.92 Å². The van der Waals surface area contributed by atoms with E-state index < -0.39 is 0 Å². The van der Waals surface area contributed by atoms with E-state index in [0.29, 0.717) is 5.88 Å². The number of aryl methyl sites for hydroxylation is 1. The summed E-state index contributed by atoms with van der Waals surface area (Å²) >= 11 is 0. The van der Waals surface area contributed by atoms with Gasteiger partial charge in [-0.1, -0.05) is 48.0 Å². The van der Waals surface area contributed by atoms with Crippen LogP contribution in [-0.2, 0) is 0 Å². The summed E-state index contributed by atoms with van der Waals surface area (Å²) < 4.78 is 6.09. The number of amides is 1. The molecule has 152 valence electrons. The molecule has 4 heteroatoms. The van der Waals surface area contributed by atoms with Crippen molar-refractivity contribution in [3.63, 3.8) is 0 Å². The van der Waals surface area contributed by atoms with Crippen molar-refractivity contribution >= 4 is 5.91 Å². The van der Waals surface area contributed by atoms with Crippen LogP contribution in [-0.4, -0.2) is 34.0 Å². The number of nitrogens with zero attached hydrogens (tertiary/aromatic N) is 2. The molecule has 1 aromatic heterocycles. The predicted molar refractivity (Wildman–Crippen MR) is 117 cm³/mol. The second-order valence-electron chi connectivity index (χ2n) is 8.42. The minimum absolute atomic E-state index is 0.130. The lowest BCUT2D eigenvalue weighted by Crippen LogP contribution is -2.49. The van der Waals surface area contributed by atoms with Crippen LogP contribution in [0.4, 0.5) is 0 Å². The summed E-state index contributed by atoms with van der Waals surface area (Å²) in [5, 5.41) is 0. The zero-order valence-corrected chi connectivity index (χ0v) is 17.2. The van der Waals surface area contributed by atoms with Crippen molar-refractivity contribution in [3.05, 3.63) is 84.1 Å². The monoisotopic (exact) mass is 398 g/mol. The van der Waals surface area contributed by atoms with Gasteiger partial charge in [0.25, 0.3) is 5.91 Å². The number of hydrogen-bond acceptors (Lipinski definition) is 3. The molecule has 2 atom stereocenters. The van der Waals surface area contributed by atoms with Crippen LogP contribution in [0.5, 0.6) is 5.88 Å². The van der Waals surface area contributed by atoms with Crippen LogP contribution in [0.25, 0.3) is 11.1 Å². The molecule has 2 unspecified atom stereocenters. The van der Waals surface area contributed by atoms with Crippen LogP contribution >= 0.6 is 0 Å². The van der Waals surface area contributed by atoms with Crippen molar-refractivity contribution in [2.75, 3.05) is 0 Å². The van der Waals surface area contributed by atoms with Gasteiger partial charge in [-0.2, -0.15) is 0 Å². The van der Waals surface area contributed by atoms with Gasteiger partial charge in [-0.15, -0.1) is 0 Å². The van der Waals surface area contributed by atoms with E-state index in [1.807, 2.05) is 30.3 Å². The van der Waals surface area contributed by atoms with E-state index in [9.17, 15) is 4.79 Å². The molecule has 4 nitrogen and oxygen atoms in total. The molecule has 2 aliphatic rings. The summed E-state index contributed by atoms with van der Waals surface area (Å²) in [7, 11) is 0. The average Bonchev–Trinajstić information content (AvgIpc) is 3.05. The number of hydrogen-bond donors (Lipinski definition) is 0. The van der Waals surface area contributed by atoms with E-state index in [1.165, 1.54) is 11.1 Å². The number of piperidine rings is 1. The topological polar surface area (TPSA) is 42.4 Å². The molecule has 0 aliphatic carbocycles. The second-order valence-corrected chi connectivity index (χ2v) is 8.42. The highest BCUT2D eigenvalue weighted by Crippen LogP contribution is 2.38. The number of ether oxygens (including phenoxy) is 1. The lowest BCUT2D eigenvalue weighted by molar-refractivity contribution is 0.0348. The Morgan fingerprint density at radius 2 is 1.53 bits per heavy atom. The number of benzene rings is 2. The lowest BCUT2D eigenvalue weighted by Gasteiger charge is -2.38. The molecular formula is C26H26N2O2. The first-order valence-corrected chi connectivity index (χ1v) is 10.7. The molecule has 2 bridgehead atoms. The maximum atomic E-state index is 13.3. The van der Waals surface area contributed by atoms with Gasteiger partial charge in [0, 0.05) is 42.8 Å². The predicted octanol–water partition coefficient (Wildman–Crippen LogP) is 5.27. The van der Waals surface area contributed by atoms with Crippen LogP contribution in [0.3, 0.4) is 0 Å². The third-order valence-electron chi connectivity index (χ3n) is 6.37. The Labute approximate surface area is 177 Å². The average molecular weight is 399 g/mol. The highest BCUT2D eigenvalue weighted by Gasteiger charge is 2.44. The van der Waals surface area contributed by atoms with Crippen LogP contribution in [0.2, 0.25) is 0 Å². The minimum atomic E-state index is 0.130. The number of carbonyl (C=O) groups excluding carboxylic acids is 1. The summed E-state index contributed by atoms with van der Waals surface area (Å²) in [6.07, 6.45) is 5.74. The molecule has 2 saturated heterocycles. The van der Waals surface area contributed by atoms with Gasteiger partial charge < -0.3 is 9.64 Å². The quantitative estimate of drug-likeness (QED) is 0.601. The van der Waals surface area contributed by atoms with Crippen molar-refractivity contribution in [1.82, 2.24) is 9.88 Å². The number of carbonyl (C=O) groups is 1. The zero-order valence-electron chi connectivity index (χ0n) is 17.2. The number of pyridine rings is 1. The molecule has 30 heavy (non-hydrogen) atoms. The normalized spacial score (nSPS) is 22.7. The number of rotatable bonds is 4. The Morgan fingerprint density at radius 3 is 2.13 bits per heavy atom. The number of aromatic nitrogens is 1. The maximum Gasteiger partial charge on any atom is 0.254 e. The molecule has 0 N–H and O–H groups in total. The van der Waals surface area contributed by atoms with Crippen molar-refractivity contribution in [3.8, 4) is 17.0 Å². The highest BCUT2D eigenvalue weighted by atomic mass is 16.5. The lowest BCUT2D eigenvalue weighted by atomic mass is 9.97. The Morgan fingerprint density at radius 1 is 0.900 bits per heavy atom. The molecule has 5 rings (SSSR count). The largest absolute Gasteiger partial charge is 0.474 e. The van der Waals surface area contributed by atoms with Gasteiger partial charge >= 0.3 is 0 Å². The zero-order chi connectivity index (χ0) is 20.5. The molecule has 3 heterocycles. The standard InChI is InChI=1S/C26H26N2O2/c1-18-5-7-19(8-6-18)20-9-11-21(12-10-20)26(29)28-22-13-14-23(28)17-24(16-22)30-25-4-2-3-15-27-25/h2-12,15,22-24H,13-14,16-17H2,1H3. The third-order valence-corrected chi connectivity index (χ3v) is 6.37. The van der Waals surface area contributed by atoms with Gasteiger partial charge in [0.15, 0.2) is 0 Å². The molecular weight excluding hydrogens is 372 g/mol. The summed E-state index contributed by atoms with van der Waals surface area (Å²) in [6.45, 7) is 2.09. The summed E-state index contributed by atoms with van der Waals surface area (Å²) in [6, 6.07) is 22.7. The minimum Gasteiger partial charge on any atom is -0.474 e. The molecule has 2 fully saturated rings. The van der Waals surface area contributed by atoms with Gasteiger partial charge in [-0.05, 0) is 49.1 Å². The summed E-state index contributed by atoms with van der Waals surface area (Å²) in [5.41, 5.74) is 4.33. The molecule has 3 aromatic rings. The van der Waals surface area contributed by atoms with E-state index in [0.717, 1.165) is 36.8 Å². The van der Waals surface area contributed by atoms with Crippen molar-refractivity contribution in [1.29, 1.82) is 0 Å². The van der Waals surface area contributed by atoms with Gasteiger partial charge in [-0.25, -0.2) is 4.98 Å². The van der Waals surface area contributed by atoms with E-state index in [4.69, 9.17) is 4.74 Å². The summed E-state index contributed by atoms with van der Waals surface area (Å²) in [4.78, 5) is 19.7. The van der Waals surface area contributed by atoms with E-state index in [1.54, 1.807) is 6.20 Å². The molecule has 2 aromatic carbocycles. The summed E-state index contributed by atoms with van der Waals surface area (Å²) in [5.74, 6) is 0.822. The van der Waals surface area contributed by atoms with Crippen LogP contribution in [0.15, 0.2) is 72.9 Å². The van der Waals surface area contributed by atoms with Crippen molar-refractivity contribution in [2.45, 2.75) is 50.8 Å². The maximum absolute atomic E-state index is 13.3. The number of fused-ring (bicyclic) bond motifs is 2.